The molecule has 2 amide bonds. The topological polar surface area (TPSA) is 167 Å². The highest BCUT2D eigenvalue weighted by atomic mass is 19.4. The maximum Gasteiger partial charge on any atom is 0.416 e. The van der Waals surface area contributed by atoms with Crippen LogP contribution >= 0.6 is 0 Å². The van der Waals surface area contributed by atoms with Crippen molar-refractivity contribution in [2.45, 2.75) is 128 Å². The molecule has 76 heavy (non-hydrogen) atoms. The van der Waals surface area contributed by atoms with Gasteiger partial charge in [-0.3, -0.25) is 24.3 Å². The summed E-state index contributed by atoms with van der Waals surface area (Å²) in [7, 11) is 0. The number of aromatic amines is 1. The molecule has 2 spiro atoms. The Balaban J connectivity index is 0.000000175. The van der Waals surface area contributed by atoms with E-state index in [1.807, 2.05) is 43.3 Å². The summed E-state index contributed by atoms with van der Waals surface area (Å²) in [6.07, 6.45) is 0.922. The minimum atomic E-state index is -4.40. The molecule has 13 nitrogen and oxygen atoms in total. The van der Waals surface area contributed by atoms with Crippen LogP contribution in [0.2, 0.25) is 0 Å². The van der Waals surface area contributed by atoms with Gasteiger partial charge in [0.15, 0.2) is 17.6 Å². The lowest BCUT2D eigenvalue weighted by Crippen LogP contribution is -2.57. The van der Waals surface area contributed by atoms with Gasteiger partial charge in [0.2, 0.25) is 0 Å². The van der Waals surface area contributed by atoms with Gasteiger partial charge in [-0.2, -0.15) is 36.5 Å². The molecular weight excluding hydrogens is 995 g/mol. The van der Waals surface area contributed by atoms with E-state index in [0.717, 1.165) is 112 Å². The van der Waals surface area contributed by atoms with Crippen molar-refractivity contribution in [1.82, 2.24) is 30.6 Å². The molecule has 1 saturated heterocycles. The van der Waals surface area contributed by atoms with Crippen LogP contribution in [0.3, 0.4) is 0 Å². The van der Waals surface area contributed by atoms with Crippen molar-refractivity contribution in [2.24, 2.45) is 22.7 Å². The predicted molar refractivity (Wildman–Crippen MR) is 268 cm³/mol. The summed E-state index contributed by atoms with van der Waals surface area (Å²) in [4.78, 5) is 50.6. The monoisotopic (exact) mass is 1050 g/mol. The maximum atomic E-state index is 13.7. The summed E-state index contributed by atoms with van der Waals surface area (Å²) in [5.74, 6) is -0.894. The van der Waals surface area contributed by atoms with Gasteiger partial charge in [0.1, 0.15) is 0 Å². The molecule has 4 aromatic carbocycles. The van der Waals surface area contributed by atoms with Crippen LogP contribution in [0.15, 0.2) is 84.9 Å². The Morgan fingerprint density at radius 3 is 1.61 bits per heavy atom. The van der Waals surface area contributed by atoms with Crippen molar-refractivity contribution in [1.29, 1.82) is 0 Å². The molecule has 402 valence electrons. The highest BCUT2D eigenvalue weighted by Crippen LogP contribution is 2.60. The van der Waals surface area contributed by atoms with Gasteiger partial charge in [-0.15, -0.1) is 0 Å². The molecule has 11 rings (SSSR count). The molecule has 0 bridgehead atoms. The molecule has 4 aliphatic carbocycles. The number of carbonyl (C=O) groups is 4. The van der Waals surface area contributed by atoms with Crippen LogP contribution in [-0.2, 0) is 49.0 Å². The third-order valence-corrected chi connectivity index (χ3v) is 16.1. The van der Waals surface area contributed by atoms with Gasteiger partial charge < -0.3 is 24.8 Å². The zero-order chi connectivity index (χ0) is 53.6. The largest absolute Gasteiger partial charge is 0.466 e. The number of nitrogens with zero attached hydrogens (tertiary/aromatic N) is 3. The van der Waals surface area contributed by atoms with Crippen molar-refractivity contribution >= 4 is 45.6 Å². The number of hydrogen-bond acceptors (Lipinski definition) is 9. The number of esters is 2. The van der Waals surface area contributed by atoms with E-state index in [-0.39, 0.29) is 70.4 Å². The van der Waals surface area contributed by atoms with Crippen molar-refractivity contribution < 1.29 is 59.7 Å². The number of rotatable bonds is 13. The third kappa shape index (κ3) is 10.9. The molecule has 0 radical (unpaired) electrons. The summed E-state index contributed by atoms with van der Waals surface area (Å²) < 4.78 is 95.9. The minimum absolute atomic E-state index is 0.00106. The van der Waals surface area contributed by atoms with Crippen LogP contribution in [0.5, 0.6) is 0 Å². The summed E-state index contributed by atoms with van der Waals surface area (Å²) in [6.45, 7) is 5.00. The lowest BCUT2D eigenvalue weighted by atomic mass is 9.50. The highest BCUT2D eigenvalue weighted by molar-refractivity contribution is 6.07. The van der Waals surface area contributed by atoms with Gasteiger partial charge >= 0.3 is 24.3 Å². The van der Waals surface area contributed by atoms with Gasteiger partial charge in [-0.05, 0) is 167 Å². The van der Waals surface area contributed by atoms with Crippen LogP contribution in [0.25, 0.3) is 21.8 Å². The molecule has 3 N–H and O–H groups in total. The molecule has 2 aromatic heterocycles. The van der Waals surface area contributed by atoms with Crippen molar-refractivity contribution in [3.8, 4) is 0 Å². The summed E-state index contributed by atoms with van der Waals surface area (Å²) in [6, 6.07) is 21.4. The SMILES string of the molecule is CCOC(=O)C1CC2(CC(NC(=O)c3n[nH]c4cccc(Cc5ccc(C(F)(F)F)cc5)c34)C2)C1.CCOC(=O)C1CC2(CC(NC(=O)c3nn(C4CCCCO4)c4cccc(Cc5ccc(C(F)(F)F)cc5)c34)C2)C1. The molecule has 1 unspecified atom stereocenters. The summed E-state index contributed by atoms with van der Waals surface area (Å²) >= 11 is 0. The number of alkyl halides is 6. The lowest BCUT2D eigenvalue weighted by molar-refractivity contribution is -0.162. The fourth-order valence-corrected chi connectivity index (χ4v) is 12.4. The molecule has 6 aromatic rings. The standard InChI is InChI=1S/C31H34F3N3O4.C26H26F3N3O3/c1-2-40-29(39)21-15-30(16-21)17-23(18-30)35-28(38)27-26-20(14-19-9-11-22(12-10-19)31(32,33)34)6-5-7-24(26)37(36-27)25-8-3-4-13-41-25;1-2-35-24(34)17-11-25(12-17)13-19(14-25)30-23(33)22-21-16(4-3-5-20(21)31-32-22)10-15-6-8-18(9-7-15)26(27,28)29/h5-7,9-12,21,23,25H,2-4,8,13-18H2,1H3,(H,35,38);3-9,17,19H,2,10-14H2,1H3,(H,30,33)(H,31,32). The number of aromatic nitrogens is 4. The van der Waals surface area contributed by atoms with Crippen molar-refractivity contribution in [3.05, 3.63) is 130 Å². The summed E-state index contributed by atoms with van der Waals surface area (Å²) in [5, 5.41) is 19.5. The van der Waals surface area contributed by atoms with Gasteiger partial charge in [0, 0.05) is 29.5 Å². The van der Waals surface area contributed by atoms with Crippen LogP contribution < -0.4 is 10.6 Å². The Kier molecular flexibility index (Phi) is 14.5. The van der Waals surface area contributed by atoms with Crippen molar-refractivity contribution in [2.75, 3.05) is 19.8 Å². The highest BCUT2D eigenvalue weighted by Gasteiger charge is 2.57. The third-order valence-electron chi connectivity index (χ3n) is 16.1. The number of benzene rings is 4. The minimum Gasteiger partial charge on any atom is -0.466 e. The van der Waals surface area contributed by atoms with E-state index >= 15 is 0 Å². The molecule has 4 saturated carbocycles. The van der Waals surface area contributed by atoms with E-state index in [1.165, 1.54) is 24.3 Å². The Bertz CT molecular complexity index is 3100. The number of nitrogens with one attached hydrogen (secondary N) is 3. The normalized spacial score (nSPS) is 24.8. The van der Waals surface area contributed by atoms with E-state index in [9.17, 15) is 45.5 Å². The zero-order valence-corrected chi connectivity index (χ0v) is 42.3. The van der Waals surface area contributed by atoms with Crippen LogP contribution in [0.4, 0.5) is 26.3 Å². The second kappa shape index (κ2) is 21.0. The first-order valence-corrected chi connectivity index (χ1v) is 26.2. The number of halogens is 6. The van der Waals surface area contributed by atoms with Crippen molar-refractivity contribution in [3.63, 3.8) is 0 Å². The zero-order valence-electron chi connectivity index (χ0n) is 42.3. The van der Waals surface area contributed by atoms with Gasteiger partial charge in [-0.25, -0.2) is 4.68 Å². The van der Waals surface area contributed by atoms with E-state index in [0.29, 0.717) is 65.8 Å². The number of fused-ring (bicyclic) bond motifs is 2. The Hall–Kier alpha value is -6.76. The molecule has 3 heterocycles. The first kappa shape index (κ1) is 52.7. The average molecular weight is 1060 g/mol. The average Bonchev–Trinajstić information content (AvgIpc) is 4.01. The maximum absolute atomic E-state index is 13.7. The Morgan fingerprint density at radius 1 is 0.645 bits per heavy atom. The molecule has 1 aliphatic heterocycles. The first-order chi connectivity index (χ1) is 36.3. The smallest absolute Gasteiger partial charge is 0.416 e. The summed E-state index contributed by atoms with van der Waals surface area (Å²) in [5.41, 5.74) is 3.92. The number of hydrogen-bond donors (Lipinski definition) is 3. The molecule has 5 fully saturated rings. The number of H-pyrrole nitrogens is 1. The molecule has 19 heteroatoms. The van der Waals surface area contributed by atoms with Gasteiger partial charge in [0.05, 0.1) is 47.2 Å². The first-order valence-electron chi connectivity index (χ1n) is 26.2. The van der Waals surface area contributed by atoms with E-state index in [1.54, 1.807) is 11.6 Å². The van der Waals surface area contributed by atoms with Crippen LogP contribution in [0.1, 0.15) is 145 Å². The van der Waals surface area contributed by atoms with E-state index < -0.39 is 23.5 Å². The second-order valence-electron chi connectivity index (χ2n) is 21.5. The fraction of sp³-hybridized carbons (Fsp3) is 0.474. The fourth-order valence-electron chi connectivity index (χ4n) is 12.4. The quantitative estimate of drug-likeness (QED) is 0.0754. The Morgan fingerprint density at radius 2 is 1.13 bits per heavy atom. The molecular formula is C57H60F6N6O7. The van der Waals surface area contributed by atoms with Gasteiger partial charge in [-0.1, -0.05) is 48.5 Å². The van der Waals surface area contributed by atoms with E-state index in [4.69, 9.17) is 19.3 Å². The molecule has 1 atom stereocenters. The number of ether oxygens (including phenoxy) is 3. The Labute approximate surface area is 434 Å². The van der Waals surface area contributed by atoms with Crippen LogP contribution in [0, 0.1) is 22.7 Å². The van der Waals surface area contributed by atoms with E-state index in [2.05, 4.69) is 20.8 Å². The van der Waals surface area contributed by atoms with Crippen LogP contribution in [-0.4, -0.2) is 75.6 Å². The predicted octanol–water partition coefficient (Wildman–Crippen LogP) is 11.2. The lowest BCUT2D eigenvalue weighted by Gasteiger charge is -2.56. The van der Waals surface area contributed by atoms with Gasteiger partial charge in [0.25, 0.3) is 11.8 Å². The molecule has 5 aliphatic rings. The number of amides is 2. The second-order valence-corrected chi connectivity index (χ2v) is 21.5. The number of carbonyl (C=O) groups excluding carboxylic acids is 4.